The van der Waals surface area contributed by atoms with Crippen molar-refractivity contribution in [1.82, 2.24) is 14.8 Å². The van der Waals surface area contributed by atoms with Crippen LogP contribution in [0, 0.1) is 6.92 Å². The molecule has 2 aromatic rings. The molecule has 0 radical (unpaired) electrons. The summed E-state index contributed by atoms with van der Waals surface area (Å²) in [7, 11) is 5.37. The first kappa shape index (κ1) is 15.2. The Hall–Kier alpha value is -1.69. The van der Waals surface area contributed by atoms with Crippen molar-refractivity contribution in [1.29, 1.82) is 0 Å². The average molecular weight is 319 g/mol. The van der Waals surface area contributed by atoms with Crippen LogP contribution < -0.4 is 9.47 Å². The Kier molecular flexibility index (Phi) is 4.29. The van der Waals surface area contributed by atoms with Crippen LogP contribution in [0.15, 0.2) is 17.3 Å². The smallest absolute Gasteiger partial charge is 0.191 e. The first-order chi connectivity index (χ1) is 10.6. The van der Waals surface area contributed by atoms with Gasteiger partial charge in [0.05, 0.1) is 14.2 Å². The fraction of sp³-hybridized carbons (Fsp3) is 0.500. The lowest BCUT2D eigenvalue weighted by Crippen LogP contribution is -1.98. The van der Waals surface area contributed by atoms with Gasteiger partial charge in [-0.25, -0.2) is 0 Å². The molecule has 0 aliphatic heterocycles. The minimum atomic E-state index is 0.620. The molecule has 0 amide bonds. The minimum absolute atomic E-state index is 0.620. The van der Waals surface area contributed by atoms with E-state index in [0.717, 1.165) is 28.2 Å². The van der Waals surface area contributed by atoms with Crippen LogP contribution in [0.1, 0.15) is 35.7 Å². The van der Waals surface area contributed by atoms with Gasteiger partial charge in [0.2, 0.25) is 0 Å². The summed E-state index contributed by atoms with van der Waals surface area (Å²) in [5.74, 6) is 4.10. The van der Waals surface area contributed by atoms with E-state index in [1.165, 1.54) is 24.0 Å². The lowest BCUT2D eigenvalue weighted by molar-refractivity contribution is 0.354. The van der Waals surface area contributed by atoms with Gasteiger partial charge < -0.3 is 14.0 Å². The molecule has 0 bridgehead atoms. The molecule has 1 fully saturated rings. The molecule has 1 saturated carbocycles. The molecule has 118 valence electrons. The molecule has 1 heterocycles. The van der Waals surface area contributed by atoms with Gasteiger partial charge in [-0.2, -0.15) is 0 Å². The Morgan fingerprint density at radius 3 is 2.50 bits per heavy atom. The van der Waals surface area contributed by atoms with Crippen molar-refractivity contribution < 1.29 is 9.47 Å². The highest BCUT2D eigenvalue weighted by molar-refractivity contribution is 7.98. The van der Waals surface area contributed by atoms with E-state index >= 15 is 0 Å². The molecule has 1 aromatic carbocycles. The second-order valence-corrected chi connectivity index (χ2v) is 6.54. The zero-order valence-electron chi connectivity index (χ0n) is 13.4. The van der Waals surface area contributed by atoms with Gasteiger partial charge in [-0.05, 0) is 43.0 Å². The molecule has 0 N–H and O–H groups in total. The Morgan fingerprint density at radius 2 is 1.86 bits per heavy atom. The standard InChI is InChI=1S/C16H21N3O2S/c1-10-7-13(20-3)14(21-4)8-12(10)9-22-16-18-17-15(19(16)2)11-5-6-11/h7-8,11H,5-6,9H2,1-4H3. The van der Waals surface area contributed by atoms with Crippen LogP contribution >= 0.6 is 11.8 Å². The zero-order chi connectivity index (χ0) is 15.7. The van der Waals surface area contributed by atoms with E-state index in [1.54, 1.807) is 26.0 Å². The first-order valence-electron chi connectivity index (χ1n) is 7.37. The van der Waals surface area contributed by atoms with E-state index in [2.05, 4.69) is 28.7 Å². The van der Waals surface area contributed by atoms with E-state index in [9.17, 15) is 0 Å². The number of hydrogen-bond acceptors (Lipinski definition) is 5. The second kappa shape index (κ2) is 6.20. The van der Waals surface area contributed by atoms with Crippen molar-refractivity contribution in [3.63, 3.8) is 0 Å². The summed E-state index contributed by atoms with van der Waals surface area (Å²) < 4.78 is 12.8. The van der Waals surface area contributed by atoms with Crippen molar-refractivity contribution in [3.05, 3.63) is 29.1 Å². The minimum Gasteiger partial charge on any atom is -0.493 e. The number of methoxy groups -OCH3 is 2. The number of nitrogens with zero attached hydrogens (tertiary/aromatic N) is 3. The van der Waals surface area contributed by atoms with E-state index in [4.69, 9.17) is 9.47 Å². The number of benzene rings is 1. The van der Waals surface area contributed by atoms with Crippen LogP contribution in [-0.2, 0) is 12.8 Å². The molecule has 1 aromatic heterocycles. The summed E-state index contributed by atoms with van der Waals surface area (Å²) in [6, 6.07) is 4.06. The summed E-state index contributed by atoms with van der Waals surface area (Å²) in [4.78, 5) is 0. The quantitative estimate of drug-likeness (QED) is 0.765. The van der Waals surface area contributed by atoms with Crippen LogP contribution in [0.3, 0.4) is 0 Å². The monoisotopic (exact) mass is 319 g/mol. The third-order valence-electron chi connectivity index (χ3n) is 4.01. The molecule has 0 unspecified atom stereocenters. The number of thioether (sulfide) groups is 1. The normalized spacial score (nSPS) is 14.2. The van der Waals surface area contributed by atoms with Gasteiger partial charge in [0.1, 0.15) is 5.82 Å². The van der Waals surface area contributed by atoms with E-state index in [1.807, 2.05) is 12.1 Å². The van der Waals surface area contributed by atoms with Crippen LogP contribution in [0.4, 0.5) is 0 Å². The van der Waals surface area contributed by atoms with Crippen molar-refractivity contribution in [3.8, 4) is 11.5 Å². The van der Waals surface area contributed by atoms with Gasteiger partial charge in [0.25, 0.3) is 0 Å². The summed E-state index contributed by atoms with van der Waals surface area (Å²) in [6.07, 6.45) is 2.48. The Balaban J connectivity index is 1.76. The SMILES string of the molecule is COc1cc(C)c(CSc2nnc(C3CC3)n2C)cc1OC. The maximum absolute atomic E-state index is 5.38. The maximum atomic E-state index is 5.38. The Labute approximate surface area is 135 Å². The predicted molar refractivity (Wildman–Crippen MR) is 86.8 cm³/mol. The second-order valence-electron chi connectivity index (χ2n) is 5.60. The summed E-state index contributed by atoms with van der Waals surface area (Å²) >= 11 is 1.71. The number of hydrogen-bond donors (Lipinski definition) is 0. The molecular weight excluding hydrogens is 298 g/mol. The largest absolute Gasteiger partial charge is 0.493 e. The molecule has 0 atom stereocenters. The highest BCUT2D eigenvalue weighted by Crippen LogP contribution is 2.40. The number of ether oxygens (including phenoxy) is 2. The van der Waals surface area contributed by atoms with Gasteiger partial charge in [0, 0.05) is 18.7 Å². The molecule has 6 heteroatoms. The van der Waals surface area contributed by atoms with Crippen LogP contribution in [0.25, 0.3) is 0 Å². The van der Waals surface area contributed by atoms with Gasteiger partial charge >= 0.3 is 0 Å². The fourth-order valence-electron chi connectivity index (χ4n) is 2.47. The van der Waals surface area contributed by atoms with Gasteiger partial charge in [-0.15, -0.1) is 10.2 Å². The van der Waals surface area contributed by atoms with Gasteiger partial charge in [-0.3, -0.25) is 0 Å². The third kappa shape index (κ3) is 2.92. The predicted octanol–water partition coefficient (Wildman–Crippen LogP) is 3.31. The third-order valence-corrected chi connectivity index (χ3v) is 5.08. The van der Waals surface area contributed by atoms with Crippen molar-refractivity contribution in [2.45, 2.75) is 36.6 Å². The molecule has 3 rings (SSSR count). The summed E-state index contributed by atoms with van der Waals surface area (Å²) in [5, 5.41) is 9.61. The number of aromatic nitrogens is 3. The van der Waals surface area contributed by atoms with Crippen LogP contribution in [0.2, 0.25) is 0 Å². The van der Waals surface area contributed by atoms with Gasteiger partial charge in [-0.1, -0.05) is 11.8 Å². The first-order valence-corrected chi connectivity index (χ1v) is 8.36. The molecule has 0 spiro atoms. The van der Waals surface area contributed by atoms with Crippen molar-refractivity contribution in [2.24, 2.45) is 7.05 Å². The molecule has 1 aliphatic carbocycles. The lowest BCUT2D eigenvalue weighted by Gasteiger charge is -2.12. The highest BCUT2D eigenvalue weighted by Gasteiger charge is 2.29. The van der Waals surface area contributed by atoms with E-state index in [0.29, 0.717) is 5.92 Å². The Bertz CT molecular complexity index is 680. The molecule has 0 saturated heterocycles. The molecule has 5 nitrogen and oxygen atoms in total. The fourth-order valence-corrected chi connectivity index (χ4v) is 3.45. The highest BCUT2D eigenvalue weighted by atomic mass is 32.2. The lowest BCUT2D eigenvalue weighted by atomic mass is 10.1. The summed E-state index contributed by atoms with van der Waals surface area (Å²) in [5.41, 5.74) is 2.41. The average Bonchev–Trinajstić information content (AvgIpc) is 3.30. The summed E-state index contributed by atoms with van der Waals surface area (Å²) in [6.45, 7) is 2.09. The zero-order valence-corrected chi connectivity index (χ0v) is 14.2. The van der Waals surface area contributed by atoms with Crippen LogP contribution in [0.5, 0.6) is 11.5 Å². The molecule has 1 aliphatic rings. The Morgan fingerprint density at radius 1 is 1.18 bits per heavy atom. The van der Waals surface area contributed by atoms with Crippen molar-refractivity contribution >= 4 is 11.8 Å². The number of rotatable bonds is 6. The van der Waals surface area contributed by atoms with E-state index in [-0.39, 0.29) is 0 Å². The van der Waals surface area contributed by atoms with E-state index < -0.39 is 0 Å². The van der Waals surface area contributed by atoms with Crippen LogP contribution in [-0.4, -0.2) is 29.0 Å². The molecular formula is C16H21N3O2S. The molecule has 22 heavy (non-hydrogen) atoms. The maximum Gasteiger partial charge on any atom is 0.191 e. The number of aryl methyl sites for hydroxylation is 1. The topological polar surface area (TPSA) is 49.2 Å². The van der Waals surface area contributed by atoms with Crippen molar-refractivity contribution in [2.75, 3.05) is 14.2 Å². The van der Waals surface area contributed by atoms with Gasteiger partial charge in [0.15, 0.2) is 16.7 Å².